The second-order valence-corrected chi connectivity index (χ2v) is 7.00. The molecule has 6 nitrogen and oxygen atoms in total. The van der Waals surface area contributed by atoms with Crippen molar-refractivity contribution in [3.8, 4) is 0 Å². The summed E-state index contributed by atoms with van der Waals surface area (Å²) in [6.45, 7) is 4.15. The number of aryl methyl sites for hydroxylation is 1. The largest absolute Gasteiger partial charge is 0.357 e. The van der Waals surface area contributed by atoms with Crippen LogP contribution in [0.3, 0.4) is 0 Å². The fourth-order valence-corrected chi connectivity index (χ4v) is 3.15. The average molecular weight is 438 g/mol. The van der Waals surface area contributed by atoms with Crippen LogP contribution in [-0.4, -0.2) is 48.0 Å². The third kappa shape index (κ3) is 6.09. The van der Waals surface area contributed by atoms with Crippen molar-refractivity contribution in [2.45, 2.75) is 13.5 Å². The normalized spacial score (nSPS) is 11.4. The van der Waals surface area contributed by atoms with Gasteiger partial charge in [-0.25, -0.2) is 4.39 Å². The molecule has 0 aliphatic carbocycles. The first-order valence-electron chi connectivity index (χ1n) is 8.75. The molecule has 1 aromatic carbocycles. The molecule has 2 N–H and O–H groups in total. The van der Waals surface area contributed by atoms with Gasteiger partial charge in [-0.1, -0.05) is 12.1 Å². The van der Waals surface area contributed by atoms with E-state index in [1.165, 1.54) is 12.1 Å². The lowest BCUT2D eigenvalue weighted by Crippen LogP contribution is -2.39. The van der Waals surface area contributed by atoms with E-state index < -0.39 is 11.7 Å². The molecule has 0 aliphatic rings. The van der Waals surface area contributed by atoms with E-state index >= 15 is 0 Å². The van der Waals surface area contributed by atoms with Crippen LogP contribution in [0.15, 0.2) is 46.0 Å². The number of rotatable bonds is 7. The van der Waals surface area contributed by atoms with Crippen molar-refractivity contribution in [1.82, 2.24) is 20.1 Å². The van der Waals surface area contributed by atoms with Gasteiger partial charge in [0.15, 0.2) is 5.96 Å². The summed E-state index contributed by atoms with van der Waals surface area (Å²) in [7, 11) is 3.95. The topological polar surface area (TPSA) is 61.7 Å². The number of benzene rings is 1. The molecule has 0 saturated carbocycles. The van der Waals surface area contributed by atoms with E-state index in [2.05, 4.69) is 42.2 Å². The summed E-state index contributed by atoms with van der Waals surface area (Å²) in [5.41, 5.74) is 1.18. The summed E-state index contributed by atoms with van der Waals surface area (Å²) >= 11 is 3.48. The Morgan fingerprint density at radius 2 is 2.07 bits per heavy atom. The molecule has 0 saturated heterocycles. The van der Waals surface area contributed by atoms with Crippen molar-refractivity contribution in [3.05, 3.63) is 58.1 Å². The van der Waals surface area contributed by atoms with Gasteiger partial charge in [0.05, 0.1) is 18.7 Å². The Kier molecular flexibility index (Phi) is 7.84. The summed E-state index contributed by atoms with van der Waals surface area (Å²) in [6.07, 6.45) is 2.01. The second kappa shape index (κ2) is 10.1. The number of carbonyl (C=O) groups is 1. The zero-order chi connectivity index (χ0) is 19.8. The third-order valence-electron chi connectivity index (χ3n) is 3.95. The van der Waals surface area contributed by atoms with E-state index in [1.807, 2.05) is 32.1 Å². The molecular formula is C19H25BrFN5O. The van der Waals surface area contributed by atoms with Crippen LogP contribution in [0.2, 0.25) is 0 Å². The van der Waals surface area contributed by atoms with E-state index in [4.69, 9.17) is 0 Å². The van der Waals surface area contributed by atoms with Gasteiger partial charge < -0.3 is 20.1 Å². The van der Waals surface area contributed by atoms with E-state index in [-0.39, 0.29) is 5.56 Å². The van der Waals surface area contributed by atoms with E-state index in [0.717, 1.165) is 22.7 Å². The van der Waals surface area contributed by atoms with Crippen molar-refractivity contribution >= 4 is 27.8 Å². The minimum absolute atomic E-state index is 0.0415. The Morgan fingerprint density at radius 3 is 2.70 bits per heavy atom. The van der Waals surface area contributed by atoms with Crippen molar-refractivity contribution < 1.29 is 9.18 Å². The summed E-state index contributed by atoms with van der Waals surface area (Å²) in [4.78, 5) is 18.6. The number of carbonyl (C=O) groups excluding carboxylic acids is 1. The first-order chi connectivity index (χ1) is 12.9. The van der Waals surface area contributed by atoms with Crippen LogP contribution < -0.4 is 10.6 Å². The molecule has 2 rings (SSSR count). The van der Waals surface area contributed by atoms with Gasteiger partial charge >= 0.3 is 0 Å². The highest BCUT2D eigenvalue weighted by atomic mass is 79.9. The van der Waals surface area contributed by atoms with E-state index in [9.17, 15) is 9.18 Å². The molecule has 27 heavy (non-hydrogen) atoms. The van der Waals surface area contributed by atoms with Crippen molar-refractivity contribution in [1.29, 1.82) is 0 Å². The van der Waals surface area contributed by atoms with Gasteiger partial charge in [0.2, 0.25) is 0 Å². The van der Waals surface area contributed by atoms with Gasteiger partial charge in [0, 0.05) is 43.5 Å². The van der Waals surface area contributed by atoms with Gasteiger partial charge in [-0.2, -0.15) is 0 Å². The maximum absolute atomic E-state index is 13.6. The number of aromatic nitrogens is 1. The Bertz CT molecular complexity index is 805. The molecular weight excluding hydrogens is 413 g/mol. The highest BCUT2D eigenvalue weighted by Gasteiger charge is 2.11. The predicted molar refractivity (Wildman–Crippen MR) is 109 cm³/mol. The lowest BCUT2D eigenvalue weighted by atomic mass is 10.2. The SMILES string of the molecule is CCNC(=NCCNC(=O)c1ccccc1F)N(C)Cc1cc(Br)cn1C. The predicted octanol–water partition coefficient (Wildman–Crippen LogP) is 2.75. The quantitative estimate of drug-likeness (QED) is 0.397. The third-order valence-corrected chi connectivity index (χ3v) is 4.38. The fraction of sp³-hybridized carbons (Fsp3) is 0.368. The molecule has 146 valence electrons. The van der Waals surface area contributed by atoms with Crippen LogP contribution in [0.25, 0.3) is 0 Å². The van der Waals surface area contributed by atoms with Crippen LogP contribution in [0.1, 0.15) is 23.0 Å². The lowest BCUT2D eigenvalue weighted by molar-refractivity contribution is 0.0951. The Balaban J connectivity index is 1.91. The number of nitrogens with zero attached hydrogens (tertiary/aromatic N) is 3. The summed E-state index contributed by atoms with van der Waals surface area (Å²) in [5.74, 6) is -0.217. The standard InChI is InChI=1S/C19H25BrFN5O/c1-4-22-19(26(3)13-15-11-14(20)12-25(15)2)24-10-9-23-18(27)16-7-5-6-8-17(16)21/h5-8,11-12H,4,9-10,13H2,1-3H3,(H,22,24)(H,23,27). The maximum Gasteiger partial charge on any atom is 0.254 e. The highest BCUT2D eigenvalue weighted by molar-refractivity contribution is 9.10. The Morgan fingerprint density at radius 1 is 1.33 bits per heavy atom. The van der Waals surface area contributed by atoms with Crippen molar-refractivity contribution in [2.75, 3.05) is 26.7 Å². The van der Waals surface area contributed by atoms with Gasteiger partial charge in [-0.15, -0.1) is 0 Å². The van der Waals surface area contributed by atoms with Crippen molar-refractivity contribution in [2.24, 2.45) is 12.0 Å². The molecule has 1 aromatic heterocycles. The Labute approximate surface area is 167 Å². The highest BCUT2D eigenvalue weighted by Crippen LogP contribution is 2.15. The Hall–Kier alpha value is -2.35. The number of guanidine groups is 1. The van der Waals surface area contributed by atoms with E-state index in [0.29, 0.717) is 19.6 Å². The van der Waals surface area contributed by atoms with Gasteiger partial charge in [0.25, 0.3) is 5.91 Å². The molecule has 1 heterocycles. The van der Waals surface area contributed by atoms with E-state index in [1.54, 1.807) is 12.1 Å². The number of hydrogen-bond acceptors (Lipinski definition) is 2. The molecule has 0 spiro atoms. The molecule has 0 atom stereocenters. The van der Waals surface area contributed by atoms with Gasteiger partial charge in [0.1, 0.15) is 5.82 Å². The first-order valence-corrected chi connectivity index (χ1v) is 9.54. The average Bonchev–Trinajstić information content (AvgIpc) is 2.94. The van der Waals surface area contributed by atoms with Gasteiger partial charge in [-0.3, -0.25) is 9.79 Å². The smallest absolute Gasteiger partial charge is 0.254 e. The number of amides is 1. The van der Waals surface area contributed by atoms with Crippen LogP contribution in [0, 0.1) is 5.82 Å². The molecule has 0 aliphatic heterocycles. The molecule has 1 amide bonds. The molecule has 0 fully saturated rings. The number of halogens is 2. The lowest BCUT2D eigenvalue weighted by Gasteiger charge is -2.22. The zero-order valence-electron chi connectivity index (χ0n) is 15.8. The number of aliphatic imine (C=N–C) groups is 1. The minimum Gasteiger partial charge on any atom is -0.357 e. The molecule has 0 bridgehead atoms. The van der Waals surface area contributed by atoms with Crippen molar-refractivity contribution in [3.63, 3.8) is 0 Å². The summed E-state index contributed by atoms with van der Waals surface area (Å²) < 4.78 is 16.7. The number of hydrogen-bond donors (Lipinski definition) is 2. The molecule has 0 unspecified atom stereocenters. The summed E-state index contributed by atoms with van der Waals surface area (Å²) in [6, 6.07) is 7.99. The van der Waals surface area contributed by atoms with Crippen LogP contribution in [-0.2, 0) is 13.6 Å². The zero-order valence-corrected chi connectivity index (χ0v) is 17.4. The first kappa shape index (κ1) is 21.0. The fourth-order valence-electron chi connectivity index (χ4n) is 2.58. The summed E-state index contributed by atoms with van der Waals surface area (Å²) in [5, 5.41) is 5.94. The minimum atomic E-state index is -0.527. The molecule has 8 heteroatoms. The second-order valence-electron chi connectivity index (χ2n) is 6.09. The van der Waals surface area contributed by atoms with Crippen LogP contribution in [0.5, 0.6) is 0 Å². The monoisotopic (exact) mass is 437 g/mol. The number of nitrogens with one attached hydrogen (secondary N) is 2. The molecule has 0 radical (unpaired) electrons. The van der Waals surface area contributed by atoms with Gasteiger partial charge in [-0.05, 0) is 41.1 Å². The maximum atomic E-state index is 13.6. The van der Waals surface area contributed by atoms with Crippen LogP contribution >= 0.6 is 15.9 Å². The molecule has 2 aromatic rings. The van der Waals surface area contributed by atoms with Crippen LogP contribution in [0.4, 0.5) is 4.39 Å².